The van der Waals surface area contributed by atoms with E-state index in [2.05, 4.69) is 6.58 Å². The van der Waals surface area contributed by atoms with Crippen molar-refractivity contribution in [3.05, 3.63) is 12.2 Å². The first-order chi connectivity index (χ1) is 4.96. The van der Waals surface area contributed by atoms with Gasteiger partial charge < -0.3 is 9.47 Å². The van der Waals surface area contributed by atoms with Gasteiger partial charge >= 0.3 is 5.97 Å². The standard InChI is InChI=1S/C8H12O3/c1-5(2)7(9)11-8(4)6(3)10-8/h6H,1H2,2-4H3. The Labute approximate surface area is 66.0 Å². The molecule has 0 saturated carbocycles. The third-order valence-corrected chi connectivity index (χ3v) is 1.74. The van der Waals surface area contributed by atoms with Crippen LogP contribution < -0.4 is 0 Å². The molecule has 62 valence electrons. The van der Waals surface area contributed by atoms with Crippen molar-refractivity contribution in [3.8, 4) is 0 Å². The molecule has 1 saturated heterocycles. The number of esters is 1. The van der Waals surface area contributed by atoms with Gasteiger partial charge in [0.05, 0.1) is 0 Å². The molecule has 0 N–H and O–H groups in total. The quantitative estimate of drug-likeness (QED) is 0.343. The Balaban J connectivity index is 2.44. The van der Waals surface area contributed by atoms with E-state index in [1.165, 1.54) is 0 Å². The van der Waals surface area contributed by atoms with Gasteiger partial charge in [0.1, 0.15) is 6.10 Å². The zero-order valence-electron chi connectivity index (χ0n) is 7.01. The van der Waals surface area contributed by atoms with Crippen LogP contribution in [0.25, 0.3) is 0 Å². The summed E-state index contributed by atoms with van der Waals surface area (Å²) in [7, 11) is 0. The highest BCUT2D eigenvalue weighted by atomic mass is 16.8. The minimum absolute atomic E-state index is 0.00537. The number of ether oxygens (including phenoxy) is 2. The molecule has 0 spiro atoms. The van der Waals surface area contributed by atoms with Gasteiger partial charge in [0.25, 0.3) is 0 Å². The molecule has 1 aliphatic rings. The highest BCUT2D eigenvalue weighted by molar-refractivity contribution is 5.87. The van der Waals surface area contributed by atoms with Crippen molar-refractivity contribution >= 4 is 5.97 Å². The van der Waals surface area contributed by atoms with Crippen LogP contribution in [-0.2, 0) is 14.3 Å². The Bertz CT molecular complexity index is 209. The fourth-order valence-corrected chi connectivity index (χ4v) is 0.695. The lowest BCUT2D eigenvalue weighted by molar-refractivity contribution is -0.152. The fraction of sp³-hybridized carbons (Fsp3) is 0.625. The molecule has 0 bridgehead atoms. The number of carbonyl (C=O) groups excluding carboxylic acids is 1. The maximum atomic E-state index is 10.9. The molecule has 1 heterocycles. The molecule has 0 radical (unpaired) electrons. The molecule has 2 atom stereocenters. The summed E-state index contributed by atoms with van der Waals surface area (Å²) in [4.78, 5) is 10.9. The smallest absolute Gasteiger partial charge is 0.335 e. The first-order valence-electron chi connectivity index (χ1n) is 3.52. The Morgan fingerprint density at radius 3 is 2.45 bits per heavy atom. The van der Waals surface area contributed by atoms with Crippen molar-refractivity contribution < 1.29 is 14.3 Å². The van der Waals surface area contributed by atoms with Crippen molar-refractivity contribution in [1.82, 2.24) is 0 Å². The number of hydrogen-bond donors (Lipinski definition) is 0. The number of epoxide rings is 1. The second-order valence-electron chi connectivity index (χ2n) is 2.95. The van der Waals surface area contributed by atoms with Gasteiger partial charge in [0.15, 0.2) is 0 Å². The zero-order chi connectivity index (χ0) is 8.65. The second kappa shape index (κ2) is 2.34. The van der Waals surface area contributed by atoms with E-state index in [0.717, 1.165) is 0 Å². The molecule has 1 aliphatic heterocycles. The molecular formula is C8H12O3. The average Bonchev–Trinajstić information content (AvgIpc) is 2.39. The van der Waals surface area contributed by atoms with E-state index < -0.39 is 11.8 Å². The summed E-state index contributed by atoms with van der Waals surface area (Å²) >= 11 is 0. The first kappa shape index (κ1) is 8.27. The zero-order valence-corrected chi connectivity index (χ0v) is 7.01. The van der Waals surface area contributed by atoms with Gasteiger partial charge in [-0.3, -0.25) is 0 Å². The molecule has 0 aromatic carbocycles. The molecule has 0 aromatic heterocycles. The van der Waals surface area contributed by atoms with E-state index in [1.807, 2.05) is 6.92 Å². The first-order valence-corrected chi connectivity index (χ1v) is 3.52. The summed E-state index contributed by atoms with van der Waals surface area (Å²) in [5.74, 6) is -1.09. The lowest BCUT2D eigenvalue weighted by atomic mass is 10.3. The van der Waals surface area contributed by atoms with E-state index in [-0.39, 0.29) is 6.10 Å². The summed E-state index contributed by atoms with van der Waals surface area (Å²) in [6, 6.07) is 0. The lowest BCUT2D eigenvalue weighted by Gasteiger charge is -2.07. The van der Waals surface area contributed by atoms with Crippen molar-refractivity contribution in [2.45, 2.75) is 32.7 Å². The van der Waals surface area contributed by atoms with Crippen LogP contribution in [-0.4, -0.2) is 17.9 Å². The predicted octanol–water partition coefficient (Wildman–Crippen LogP) is 1.24. The molecule has 2 unspecified atom stereocenters. The number of hydrogen-bond acceptors (Lipinski definition) is 3. The van der Waals surface area contributed by atoms with Gasteiger partial charge in [-0.05, 0) is 13.8 Å². The average molecular weight is 156 g/mol. The molecule has 3 heteroatoms. The number of carbonyl (C=O) groups is 1. The maximum absolute atomic E-state index is 10.9. The van der Waals surface area contributed by atoms with Crippen LogP contribution in [0, 0.1) is 0 Å². The summed E-state index contributed by atoms with van der Waals surface area (Å²) in [5, 5.41) is 0. The summed E-state index contributed by atoms with van der Waals surface area (Å²) in [5.41, 5.74) is 0.397. The second-order valence-corrected chi connectivity index (χ2v) is 2.95. The van der Waals surface area contributed by atoms with Crippen molar-refractivity contribution in [1.29, 1.82) is 0 Å². The molecular weight excluding hydrogens is 144 g/mol. The van der Waals surface area contributed by atoms with E-state index in [9.17, 15) is 4.79 Å². The summed E-state index contributed by atoms with van der Waals surface area (Å²) < 4.78 is 10.0. The largest absolute Gasteiger partial charge is 0.427 e. The normalized spacial score (nSPS) is 34.6. The van der Waals surface area contributed by atoms with Gasteiger partial charge in [-0.1, -0.05) is 6.58 Å². The maximum Gasteiger partial charge on any atom is 0.335 e. The molecule has 1 fully saturated rings. The molecule has 3 nitrogen and oxygen atoms in total. The highest BCUT2D eigenvalue weighted by Crippen LogP contribution is 2.37. The highest BCUT2D eigenvalue weighted by Gasteiger charge is 2.53. The van der Waals surface area contributed by atoms with Crippen LogP contribution in [0.3, 0.4) is 0 Å². The van der Waals surface area contributed by atoms with Gasteiger partial charge in [0, 0.05) is 12.5 Å². The Morgan fingerprint density at radius 1 is 1.73 bits per heavy atom. The van der Waals surface area contributed by atoms with E-state index in [0.29, 0.717) is 5.57 Å². The van der Waals surface area contributed by atoms with Crippen LogP contribution >= 0.6 is 0 Å². The minimum Gasteiger partial charge on any atom is -0.427 e. The molecule has 0 aliphatic carbocycles. The van der Waals surface area contributed by atoms with Crippen molar-refractivity contribution in [2.24, 2.45) is 0 Å². The summed E-state index contributed by atoms with van der Waals surface area (Å²) in [6.45, 7) is 8.66. The number of rotatable bonds is 2. The summed E-state index contributed by atoms with van der Waals surface area (Å²) in [6.07, 6.45) is 0.00537. The Hall–Kier alpha value is -0.830. The molecule has 1 rings (SSSR count). The van der Waals surface area contributed by atoms with Crippen LogP contribution in [0.5, 0.6) is 0 Å². The van der Waals surface area contributed by atoms with Crippen LogP contribution in [0.4, 0.5) is 0 Å². The topological polar surface area (TPSA) is 38.8 Å². The molecule has 11 heavy (non-hydrogen) atoms. The molecule has 0 amide bonds. The SMILES string of the molecule is C=C(C)C(=O)OC1(C)OC1C. The van der Waals surface area contributed by atoms with Crippen LogP contribution in [0.15, 0.2) is 12.2 Å². The van der Waals surface area contributed by atoms with E-state index in [1.54, 1.807) is 13.8 Å². The van der Waals surface area contributed by atoms with Gasteiger partial charge in [-0.25, -0.2) is 4.79 Å². The van der Waals surface area contributed by atoms with Crippen LogP contribution in [0.2, 0.25) is 0 Å². The third kappa shape index (κ3) is 1.60. The Kier molecular flexibility index (Phi) is 1.76. The van der Waals surface area contributed by atoms with Crippen molar-refractivity contribution in [3.63, 3.8) is 0 Å². The Morgan fingerprint density at radius 2 is 2.18 bits per heavy atom. The predicted molar refractivity (Wildman–Crippen MR) is 39.9 cm³/mol. The van der Waals surface area contributed by atoms with Crippen molar-refractivity contribution in [2.75, 3.05) is 0 Å². The minimum atomic E-state index is -0.698. The monoisotopic (exact) mass is 156 g/mol. The van der Waals surface area contributed by atoms with Gasteiger partial charge in [-0.15, -0.1) is 0 Å². The van der Waals surface area contributed by atoms with Crippen LogP contribution in [0.1, 0.15) is 20.8 Å². The molecule has 0 aromatic rings. The third-order valence-electron chi connectivity index (χ3n) is 1.74. The van der Waals surface area contributed by atoms with E-state index >= 15 is 0 Å². The van der Waals surface area contributed by atoms with Gasteiger partial charge in [-0.2, -0.15) is 0 Å². The van der Waals surface area contributed by atoms with Gasteiger partial charge in [0.2, 0.25) is 5.79 Å². The fourth-order valence-electron chi connectivity index (χ4n) is 0.695. The van der Waals surface area contributed by atoms with E-state index in [4.69, 9.17) is 9.47 Å². The lowest BCUT2D eigenvalue weighted by Crippen LogP contribution is -2.19.